The van der Waals surface area contributed by atoms with E-state index >= 15 is 0 Å². The van der Waals surface area contributed by atoms with Gasteiger partial charge in [0, 0.05) is 0 Å². The first-order valence-corrected chi connectivity index (χ1v) is 4.02. The minimum absolute atomic E-state index is 0.0359. The van der Waals surface area contributed by atoms with Gasteiger partial charge in [-0.1, -0.05) is 17.7 Å². The quantitative estimate of drug-likeness (QED) is 0.656. The Balaban J connectivity index is 2.95. The molecule has 0 unspecified atom stereocenters. The van der Waals surface area contributed by atoms with E-state index in [1.807, 2.05) is 5.48 Å². The van der Waals surface area contributed by atoms with Gasteiger partial charge in [-0.2, -0.15) is 5.48 Å². The van der Waals surface area contributed by atoms with E-state index in [4.69, 9.17) is 21.9 Å². The van der Waals surface area contributed by atoms with Crippen LogP contribution >= 0.6 is 11.6 Å². The van der Waals surface area contributed by atoms with Crippen molar-refractivity contribution in [1.82, 2.24) is 5.48 Å². The molecular formula is C8H9ClFNO2. The fourth-order valence-corrected chi connectivity index (χ4v) is 1.14. The molecule has 0 aliphatic rings. The summed E-state index contributed by atoms with van der Waals surface area (Å²) in [6.45, 7) is -0.293. The second-order valence-electron chi connectivity index (χ2n) is 2.54. The third-order valence-electron chi connectivity index (χ3n) is 1.68. The summed E-state index contributed by atoms with van der Waals surface area (Å²) in [6.07, 6.45) is 0. The van der Waals surface area contributed by atoms with E-state index < -0.39 is 11.9 Å². The molecule has 1 aromatic carbocycles. The number of hydrogen-bond donors (Lipinski definition) is 3. The number of benzene rings is 1. The van der Waals surface area contributed by atoms with Crippen LogP contribution in [0.1, 0.15) is 11.6 Å². The first kappa shape index (κ1) is 10.4. The van der Waals surface area contributed by atoms with Crippen molar-refractivity contribution < 1.29 is 14.7 Å². The maximum Gasteiger partial charge on any atom is 0.141 e. The average molecular weight is 206 g/mol. The Bertz CT molecular complexity index is 291. The Kier molecular flexibility index (Phi) is 3.62. The van der Waals surface area contributed by atoms with Crippen molar-refractivity contribution >= 4 is 11.6 Å². The third kappa shape index (κ3) is 2.38. The van der Waals surface area contributed by atoms with Crippen LogP contribution in [0.15, 0.2) is 18.2 Å². The minimum atomic E-state index is -0.641. The summed E-state index contributed by atoms with van der Waals surface area (Å²) in [4.78, 5) is 0. The molecule has 0 bridgehead atoms. The highest BCUT2D eigenvalue weighted by Gasteiger charge is 2.10. The van der Waals surface area contributed by atoms with E-state index in [0.29, 0.717) is 5.56 Å². The molecule has 0 aromatic heterocycles. The Morgan fingerprint density at radius 1 is 1.54 bits per heavy atom. The summed E-state index contributed by atoms with van der Waals surface area (Å²) in [5.41, 5.74) is 2.41. The highest BCUT2D eigenvalue weighted by atomic mass is 35.5. The lowest BCUT2D eigenvalue weighted by Crippen LogP contribution is -2.20. The molecule has 0 saturated heterocycles. The summed E-state index contributed by atoms with van der Waals surface area (Å²) in [5.74, 6) is -0.528. The number of aliphatic hydroxyl groups excluding tert-OH is 1. The van der Waals surface area contributed by atoms with Crippen molar-refractivity contribution in [3.63, 3.8) is 0 Å². The van der Waals surface area contributed by atoms with Gasteiger partial charge in [-0.15, -0.1) is 0 Å². The van der Waals surface area contributed by atoms with Gasteiger partial charge < -0.3 is 10.3 Å². The first-order chi connectivity index (χ1) is 6.19. The Morgan fingerprint density at radius 2 is 2.23 bits per heavy atom. The lowest BCUT2D eigenvalue weighted by molar-refractivity contribution is 0.0906. The summed E-state index contributed by atoms with van der Waals surface area (Å²) < 4.78 is 12.7. The van der Waals surface area contributed by atoms with Crippen LogP contribution in [-0.2, 0) is 0 Å². The summed E-state index contributed by atoms with van der Waals surface area (Å²) in [6, 6.07) is 3.32. The zero-order chi connectivity index (χ0) is 9.84. The summed E-state index contributed by atoms with van der Waals surface area (Å²) >= 11 is 5.51. The molecule has 3 nitrogen and oxygen atoms in total. The van der Waals surface area contributed by atoms with Crippen LogP contribution in [0.25, 0.3) is 0 Å². The van der Waals surface area contributed by atoms with Crippen LogP contribution in [-0.4, -0.2) is 16.9 Å². The molecule has 1 rings (SSSR count). The fourth-order valence-electron chi connectivity index (χ4n) is 0.950. The van der Waals surface area contributed by atoms with Gasteiger partial charge in [-0.05, 0) is 17.7 Å². The van der Waals surface area contributed by atoms with Crippen molar-refractivity contribution in [1.29, 1.82) is 0 Å². The first-order valence-electron chi connectivity index (χ1n) is 3.64. The molecule has 0 amide bonds. The zero-order valence-corrected chi connectivity index (χ0v) is 7.42. The summed E-state index contributed by atoms with van der Waals surface area (Å²) in [7, 11) is 0. The standard InChI is InChI=1S/C8H9ClFNO2/c9-6-3-5(1-2-7(6)10)8(4-12)11-13/h1-3,8,11-13H,4H2/t8-/m0/s1. The Hall–Kier alpha value is -0.680. The van der Waals surface area contributed by atoms with Crippen LogP contribution in [0, 0.1) is 5.82 Å². The van der Waals surface area contributed by atoms with E-state index in [1.165, 1.54) is 18.2 Å². The molecule has 0 spiro atoms. The zero-order valence-electron chi connectivity index (χ0n) is 6.67. The number of hydroxylamine groups is 1. The molecule has 72 valence electrons. The predicted octanol–water partition coefficient (Wildman–Crippen LogP) is 1.49. The monoisotopic (exact) mass is 205 g/mol. The molecule has 0 aliphatic carbocycles. The minimum Gasteiger partial charge on any atom is -0.394 e. The van der Waals surface area contributed by atoms with E-state index in [9.17, 15) is 4.39 Å². The van der Waals surface area contributed by atoms with Gasteiger partial charge in [0.15, 0.2) is 0 Å². The number of halogens is 2. The average Bonchev–Trinajstić information content (AvgIpc) is 2.13. The van der Waals surface area contributed by atoms with Crippen molar-refractivity contribution in [2.75, 3.05) is 6.61 Å². The van der Waals surface area contributed by atoms with Crippen LogP contribution in [0.3, 0.4) is 0 Å². The van der Waals surface area contributed by atoms with Crippen LogP contribution in [0.5, 0.6) is 0 Å². The summed E-state index contributed by atoms with van der Waals surface area (Å²) in [5, 5.41) is 17.3. The van der Waals surface area contributed by atoms with Crippen molar-refractivity contribution in [2.24, 2.45) is 0 Å². The smallest absolute Gasteiger partial charge is 0.141 e. The number of nitrogens with one attached hydrogen (secondary N) is 1. The molecule has 0 fully saturated rings. The Labute approximate surface area is 79.7 Å². The number of hydrogen-bond acceptors (Lipinski definition) is 3. The molecule has 3 N–H and O–H groups in total. The maximum absolute atomic E-state index is 12.7. The van der Waals surface area contributed by atoms with Gasteiger partial charge in [0.2, 0.25) is 0 Å². The van der Waals surface area contributed by atoms with Crippen molar-refractivity contribution in [3.8, 4) is 0 Å². The molecule has 0 radical (unpaired) electrons. The molecule has 1 atom stereocenters. The van der Waals surface area contributed by atoms with E-state index in [-0.39, 0.29) is 11.6 Å². The molecule has 0 heterocycles. The number of aliphatic hydroxyl groups is 1. The molecule has 1 aromatic rings. The molecule has 13 heavy (non-hydrogen) atoms. The predicted molar refractivity (Wildman–Crippen MR) is 46.2 cm³/mol. The van der Waals surface area contributed by atoms with Crippen LogP contribution in [0.4, 0.5) is 4.39 Å². The lowest BCUT2D eigenvalue weighted by atomic mass is 10.1. The third-order valence-corrected chi connectivity index (χ3v) is 1.97. The molecular weight excluding hydrogens is 197 g/mol. The second kappa shape index (κ2) is 4.53. The Morgan fingerprint density at radius 3 is 2.69 bits per heavy atom. The van der Waals surface area contributed by atoms with E-state index in [2.05, 4.69) is 0 Å². The topological polar surface area (TPSA) is 52.5 Å². The van der Waals surface area contributed by atoms with Gasteiger partial charge in [-0.25, -0.2) is 4.39 Å². The SMILES string of the molecule is OC[C@H](NO)c1ccc(F)c(Cl)c1. The van der Waals surface area contributed by atoms with Gasteiger partial charge in [-0.3, -0.25) is 0 Å². The maximum atomic E-state index is 12.7. The van der Waals surface area contributed by atoms with E-state index in [1.54, 1.807) is 0 Å². The van der Waals surface area contributed by atoms with Crippen molar-refractivity contribution in [2.45, 2.75) is 6.04 Å². The van der Waals surface area contributed by atoms with Crippen LogP contribution < -0.4 is 5.48 Å². The highest BCUT2D eigenvalue weighted by Crippen LogP contribution is 2.20. The van der Waals surface area contributed by atoms with Gasteiger partial charge >= 0.3 is 0 Å². The van der Waals surface area contributed by atoms with Gasteiger partial charge in [0.25, 0.3) is 0 Å². The highest BCUT2D eigenvalue weighted by molar-refractivity contribution is 6.30. The van der Waals surface area contributed by atoms with Gasteiger partial charge in [0.05, 0.1) is 17.7 Å². The van der Waals surface area contributed by atoms with Crippen molar-refractivity contribution in [3.05, 3.63) is 34.6 Å². The molecule has 0 aliphatic heterocycles. The lowest BCUT2D eigenvalue weighted by Gasteiger charge is -2.12. The van der Waals surface area contributed by atoms with Crippen LogP contribution in [0.2, 0.25) is 5.02 Å². The molecule has 0 saturated carbocycles. The van der Waals surface area contributed by atoms with Gasteiger partial charge in [0.1, 0.15) is 5.82 Å². The van der Waals surface area contributed by atoms with E-state index in [0.717, 1.165) is 0 Å². The molecule has 5 heteroatoms. The normalized spacial score (nSPS) is 12.9. The largest absolute Gasteiger partial charge is 0.394 e. The second-order valence-corrected chi connectivity index (χ2v) is 2.95. The fraction of sp³-hybridized carbons (Fsp3) is 0.250. The number of rotatable bonds is 3.